The fraction of sp³-hybridized carbons (Fsp3) is 0.158. The van der Waals surface area contributed by atoms with Gasteiger partial charge in [0.05, 0.1) is 16.8 Å². The number of thiazole rings is 1. The molecular formula is C19H16Br2N2O3S. The van der Waals surface area contributed by atoms with Gasteiger partial charge in [0.25, 0.3) is 5.91 Å². The summed E-state index contributed by atoms with van der Waals surface area (Å²) >= 11 is 8.15. The van der Waals surface area contributed by atoms with Crippen LogP contribution in [-0.4, -0.2) is 24.1 Å². The molecule has 0 bridgehead atoms. The van der Waals surface area contributed by atoms with Crippen LogP contribution in [0.3, 0.4) is 0 Å². The molecular weight excluding hydrogens is 496 g/mol. The summed E-state index contributed by atoms with van der Waals surface area (Å²) in [7, 11) is 0. The number of halogens is 2. The number of carbonyl (C=O) groups is 1. The van der Waals surface area contributed by atoms with Gasteiger partial charge in [0.15, 0.2) is 11.7 Å². The first-order chi connectivity index (χ1) is 13.0. The van der Waals surface area contributed by atoms with Crippen LogP contribution in [0.25, 0.3) is 11.3 Å². The van der Waals surface area contributed by atoms with Crippen molar-refractivity contribution in [2.45, 2.75) is 6.92 Å². The molecule has 140 valence electrons. The molecule has 5 nitrogen and oxygen atoms in total. The first kappa shape index (κ1) is 19.9. The summed E-state index contributed by atoms with van der Waals surface area (Å²) in [5.74, 6) is 1.15. The standard InChI is InChI=1S/C19H16Br2N2O3S/c1-2-25-14-6-3-12(4-7-14)16-11-27-19(22-16)23-18(24)10-26-17-8-5-13(20)9-15(17)21/h3-9,11H,2,10H2,1H3,(H,22,23,24). The number of aromatic nitrogens is 1. The van der Waals surface area contributed by atoms with Crippen LogP contribution in [0.2, 0.25) is 0 Å². The van der Waals surface area contributed by atoms with Crippen LogP contribution in [0.5, 0.6) is 11.5 Å². The van der Waals surface area contributed by atoms with E-state index in [9.17, 15) is 4.79 Å². The van der Waals surface area contributed by atoms with Gasteiger partial charge >= 0.3 is 0 Å². The molecule has 0 spiro atoms. The van der Waals surface area contributed by atoms with Crippen molar-refractivity contribution >= 4 is 54.2 Å². The van der Waals surface area contributed by atoms with Crippen LogP contribution in [0, 0.1) is 0 Å². The fourth-order valence-electron chi connectivity index (χ4n) is 2.24. The number of amides is 1. The molecule has 8 heteroatoms. The summed E-state index contributed by atoms with van der Waals surface area (Å²) in [4.78, 5) is 16.6. The van der Waals surface area contributed by atoms with E-state index in [1.807, 2.05) is 48.7 Å². The highest BCUT2D eigenvalue weighted by Gasteiger charge is 2.10. The van der Waals surface area contributed by atoms with E-state index in [1.54, 1.807) is 6.07 Å². The summed E-state index contributed by atoms with van der Waals surface area (Å²) in [6.07, 6.45) is 0. The van der Waals surface area contributed by atoms with Crippen LogP contribution in [-0.2, 0) is 4.79 Å². The minimum Gasteiger partial charge on any atom is -0.494 e. The number of carbonyl (C=O) groups excluding carboxylic acids is 1. The van der Waals surface area contributed by atoms with Gasteiger partial charge in [-0.3, -0.25) is 10.1 Å². The first-order valence-electron chi connectivity index (χ1n) is 8.11. The quantitative estimate of drug-likeness (QED) is 0.438. The number of nitrogens with one attached hydrogen (secondary N) is 1. The summed E-state index contributed by atoms with van der Waals surface area (Å²) in [5.41, 5.74) is 1.76. The third-order valence-corrected chi connectivity index (χ3v) is 5.33. The predicted octanol–water partition coefficient (Wildman–Crippen LogP) is 5.75. The summed E-state index contributed by atoms with van der Waals surface area (Å²) < 4.78 is 12.7. The minimum absolute atomic E-state index is 0.0990. The van der Waals surface area contributed by atoms with Crippen molar-refractivity contribution in [2.24, 2.45) is 0 Å². The van der Waals surface area contributed by atoms with Gasteiger partial charge in [-0.1, -0.05) is 15.9 Å². The number of nitrogens with zero attached hydrogens (tertiary/aromatic N) is 1. The molecule has 1 aromatic heterocycles. The molecule has 0 fully saturated rings. The van der Waals surface area contributed by atoms with Crippen molar-refractivity contribution in [3.63, 3.8) is 0 Å². The van der Waals surface area contributed by atoms with Crippen molar-refractivity contribution in [3.05, 3.63) is 56.8 Å². The van der Waals surface area contributed by atoms with E-state index in [-0.39, 0.29) is 12.5 Å². The van der Waals surface area contributed by atoms with E-state index >= 15 is 0 Å². The zero-order chi connectivity index (χ0) is 19.2. The van der Waals surface area contributed by atoms with Crippen molar-refractivity contribution in [1.29, 1.82) is 0 Å². The van der Waals surface area contributed by atoms with E-state index in [1.165, 1.54) is 11.3 Å². The largest absolute Gasteiger partial charge is 0.494 e. The van der Waals surface area contributed by atoms with Crippen LogP contribution < -0.4 is 14.8 Å². The number of anilines is 1. The molecule has 0 atom stereocenters. The summed E-state index contributed by atoms with van der Waals surface area (Å²) in [6.45, 7) is 2.48. The molecule has 0 aliphatic carbocycles. The normalized spacial score (nSPS) is 10.5. The first-order valence-corrected chi connectivity index (χ1v) is 10.6. The predicted molar refractivity (Wildman–Crippen MR) is 115 cm³/mol. The fourth-order valence-corrected chi connectivity index (χ4v) is 4.14. The highest BCUT2D eigenvalue weighted by Crippen LogP contribution is 2.29. The summed E-state index contributed by atoms with van der Waals surface area (Å²) in [5, 5.41) is 5.19. The molecule has 0 aliphatic heterocycles. The van der Waals surface area contributed by atoms with E-state index in [0.29, 0.717) is 17.5 Å². The van der Waals surface area contributed by atoms with Gasteiger partial charge < -0.3 is 9.47 Å². The smallest absolute Gasteiger partial charge is 0.264 e. The molecule has 0 radical (unpaired) electrons. The molecule has 0 unspecified atom stereocenters. The lowest BCUT2D eigenvalue weighted by molar-refractivity contribution is -0.118. The van der Waals surface area contributed by atoms with Gasteiger partial charge in [0.1, 0.15) is 11.5 Å². The third-order valence-electron chi connectivity index (χ3n) is 3.46. The van der Waals surface area contributed by atoms with Crippen LogP contribution in [0.15, 0.2) is 56.8 Å². The second-order valence-corrected chi connectivity index (χ2v) is 8.03. The maximum absolute atomic E-state index is 12.1. The number of hydrogen-bond acceptors (Lipinski definition) is 5. The van der Waals surface area contributed by atoms with E-state index < -0.39 is 0 Å². The number of ether oxygens (including phenoxy) is 2. The Morgan fingerprint density at radius 3 is 2.63 bits per heavy atom. The Morgan fingerprint density at radius 2 is 1.93 bits per heavy atom. The van der Waals surface area contributed by atoms with Crippen molar-refractivity contribution in [1.82, 2.24) is 4.98 Å². The molecule has 27 heavy (non-hydrogen) atoms. The molecule has 0 saturated carbocycles. The maximum atomic E-state index is 12.1. The third kappa shape index (κ3) is 5.54. The highest BCUT2D eigenvalue weighted by molar-refractivity contribution is 9.11. The van der Waals surface area contributed by atoms with Gasteiger partial charge in [-0.25, -0.2) is 4.98 Å². The van der Waals surface area contributed by atoms with E-state index in [0.717, 1.165) is 26.0 Å². The van der Waals surface area contributed by atoms with Crippen molar-refractivity contribution in [2.75, 3.05) is 18.5 Å². The molecule has 1 amide bonds. The zero-order valence-corrected chi connectivity index (χ0v) is 18.4. The van der Waals surface area contributed by atoms with Crippen LogP contribution >= 0.6 is 43.2 Å². The topological polar surface area (TPSA) is 60.5 Å². The van der Waals surface area contributed by atoms with Gasteiger partial charge in [-0.05, 0) is 65.3 Å². The highest BCUT2D eigenvalue weighted by atomic mass is 79.9. The molecule has 1 heterocycles. The Morgan fingerprint density at radius 1 is 1.15 bits per heavy atom. The SMILES string of the molecule is CCOc1ccc(-c2csc(NC(=O)COc3ccc(Br)cc3Br)n2)cc1. The van der Waals surface area contributed by atoms with Gasteiger partial charge in [-0.2, -0.15) is 0 Å². The minimum atomic E-state index is -0.266. The molecule has 2 aromatic carbocycles. The molecule has 0 saturated heterocycles. The lowest BCUT2D eigenvalue weighted by Gasteiger charge is -2.08. The average Bonchev–Trinajstić information content (AvgIpc) is 3.10. The summed E-state index contributed by atoms with van der Waals surface area (Å²) in [6, 6.07) is 13.2. The lowest BCUT2D eigenvalue weighted by atomic mass is 10.2. The Kier molecular flexibility index (Phi) is 6.87. The van der Waals surface area contributed by atoms with Gasteiger partial charge in [0, 0.05) is 15.4 Å². The number of rotatable bonds is 7. The second kappa shape index (κ2) is 9.34. The second-order valence-electron chi connectivity index (χ2n) is 5.41. The number of hydrogen-bond donors (Lipinski definition) is 1. The van der Waals surface area contributed by atoms with Gasteiger partial charge in [-0.15, -0.1) is 11.3 Å². The number of benzene rings is 2. The molecule has 0 aliphatic rings. The Balaban J connectivity index is 1.57. The molecule has 1 N–H and O–H groups in total. The molecule has 3 rings (SSSR count). The lowest BCUT2D eigenvalue weighted by Crippen LogP contribution is -2.20. The zero-order valence-electron chi connectivity index (χ0n) is 14.4. The molecule has 3 aromatic rings. The van der Waals surface area contributed by atoms with E-state index in [2.05, 4.69) is 42.2 Å². The van der Waals surface area contributed by atoms with Crippen LogP contribution in [0.4, 0.5) is 5.13 Å². The Labute approximate surface area is 178 Å². The van der Waals surface area contributed by atoms with E-state index in [4.69, 9.17) is 9.47 Å². The Hall–Kier alpha value is -1.90. The van der Waals surface area contributed by atoms with Crippen molar-refractivity contribution < 1.29 is 14.3 Å². The monoisotopic (exact) mass is 510 g/mol. The van der Waals surface area contributed by atoms with Crippen LogP contribution in [0.1, 0.15) is 6.92 Å². The Bertz CT molecular complexity index is 929. The van der Waals surface area contributed by atoms with Gasteiger partial charge in [0.2, 0.25) is 0 Å². The van der Waals surface area contributed by atoms with Crippen molar-refractivity contribution in [3.8, 4) is 22.8 Å². The average molecular weight is 512 g/mol. The maximum Gasteiger partial charge on any atom is 0.264 e.